The Hall–Kier alpha value is -1.30. The molecule has 0 atom stereocenters. The molecule has 0 unspecified atom stereocenters. The topological polar surface area (TPSA) is 34.2 Å². The zero-order valence-corrected chi connectivity index (χ0v) is 22.4. The van der Waals surface area contributed by atoms with E-state index in [1.54, 1.807) is 7.11 Å². The van der Waals surface area contributed by atoms with Crippen molar-refractivity contribution in [1.82, 2.24) is 4.90 Å². The summed E-state index contributed by atoms with van der Waals surface area (Å²) in [5.41, 5.74) is 3.65. The average Bonchev–Trinajstić information content (AvgIpc) is 2.78. The summed E-state index contributed by atoms with van der Waals surface area (Å²) in [5, 5.41) is 0. The summed E-state index contributed by atoms with van der Waals surface area (Å²) < 4.78 is 16.8. The first kappa shape index (κ1) is 25.8. The largest absolute Gasteiger partial charge is 0.491 e. The second-order valence-corrected chi connectivity index (χ2v) is 12.5. The fraction of sp³-hybridized carbons (Fsp3) is 0.793. The number of rotatable bonds is 8. The maximum atomic E-state index is 6.06. The van der Waals surface area contributed by atoms with Gasteiger partial charge < -0.3 is 19.1 Å². The third-order valence-corrected chi connectivity index (χ3v) is 8.12. The highest BCUT2D eigenvalue weighted by molar-refractivity contribution is 5.58. The van der Waals surface area contributed by atoms with Crippen molar-refractivity contribution in [1.29, 1.82) is 0 Å². The van der Waals surface area contributed by atoms with E-state index in [-0.39, 0.29) is 0 Å². The van der Waals surface area contributed by atoms with Crippen LogP contribution in [0.25, 0.3) is 0 Å². The quantitative estimate of drug-likeness (QED) is 0.461. The lowest BCUT2D eigenvalue weighted by atomic mass is 9.60. The highest BCUT2D eigenvalue weighted by Crippen LogP contribution is 2.53. The third kappa shape index (κ3) is 6.89. The van der Waals surface area contributed by atoms with Gasteiger partial charge in [0, 0.05) is 58.7 Å². The number of hydrogen-bond acceptors (Lipinski definition) is 5. The van der Waals surface area contributed by atoms with Gasteiger partial charge in [-0.25, -0.2) is 0 Å². The van der Waals surface area contributed by atoms with Gasteiger partial charge in [0.15, 0.2) is 0 Å². The summed E-state index contributed by atoms with van der Waals surface area (Å²) >= 11 is 0. The Labute approximate surface area is 208 Å². The summed E-state index contributed by atoms with van der Waals surface area (Å²) in [6, 6.07) is 6.85. The number of hydrogen-bond donors (Lipinski definition) is 0. The molecule has 192 valence electrons. The summed E-state index contributed by atoms with van der Waals surface area (Å²) in [5.74, 6) is 2.36. The fourth-order valence-electron chi connectivity index (χ4n) is 7.01. The summed E-state index contributed by atoms with van der Waals surface area (Å²) in [6.07, 6.45) is 6.23. The molecule has 0 bridgehead atoms. The number of ether oxygens (including phenoxy) is 3. The predicted octanol–water partition coefficient (Wildman–Crippen LogP) is 5.58. The van der Waals surface area contributed by atoms with E-state index in [0.717, 1.165) is 51.1 Å². The minimum Gasteiger partial charge on any atom is -0.491 e. The molecule has 5 heteroatoms. The minimum absolute atomic E-state index is 0.360. The van der Waals surface area contributed by atoms with Crippen LogP contribution in [0.3, 0.4) is 0 Å². The second-order valence-electron chi connectivity index (χ2n) is 12.5. The van der Waals surface area contributed by atoms with Crippen molar-refractivity contribution in [3.05, 3.63) is 23.8 Å². The van der Waals surface area contributed by atoms with E-state index in [1.807, 2.05) is 0 Å². The zero-order chi connectivity index (χ0) is 24.2. The Morgan fingerprint density at radius 2 is 1.62 bits per heavy atom. The van der Waals surface area contributed by atoms with Crippen LogP contribution in [-0.4, -0.2) is 71.2 Å². The molecule has 2 aliphatic heterocycles. The molecule has 0 spiro atoms. The second kappa shape index (κ2) is 11.2. The summed E-state index contributed by atoms with van der Waals surface area (Å²) in [6.45, 7) is 18.7. The summed E-state index contributed by atoms with van der Waals surface area (Å²) in [7, 11) is 1.73. The highest BCUT2D eigenvalue weighted by atomic mass is 16.5. The molecule has 1 aromatic carbocycles. The molecule has 34 heavy (non-hydrogen) atoms. The minimum atomic E-state index is 0.360. The van der Waals surface area contributed by atoms with E-state index < -0.39 is 0 Å². The Kier molecular flexibility index (Phi) is 8.48. The average molecular weight is 473 g/mol. The van der Waals surface area contributed by atoms with Crippen LogP contribution >= 0.6 is 0 Å². The van der Waals surface area contributed by atoms with E-state index in [4.69, 9.17) is 14.2 Å². The molecular formula is C29H48N2O3. The smallest absolute Gasteiger partial charge is 0.119 e. The van der Waals surface area contributed by atoms with Crippen LogP contribution in [0, 0.1) is 16.7 Å². The van der Waals surface area contributed by atoms with Crippen LogP contribution in [-0.2, 0) is 9.47 Å². The Bertz CT molecular complexity index is 764. The highest BCUT2D eigenvalue weighted by Gasteiger charge is 2.40. The lowest BCUT2D eigenvalue weighted by molar-refractivity contribution is 0.0517. The standard InChI is InChI=1S/C29H48N2O3/c1-28(2)19-24(20-29(3,4)22-28)26-18-25(34-17-16-32-5)6-7-27(26)31-12-10-30(11-13-31)21-23-8-14-33-15-9-23/h6-7,18,23-24H,8-17,19-22H2,1-5H3. The van der Waals surface area contributed by atoms with Crippen molar-refractivity contribution < 1.29 is 14.2 Å². The first-order valence-electron chi connectivity index (χ1n) is 13.6. The molecule has 3 fully saturated rings. The van der Waals surface area contributed by atoms with Crippen LogP contribution in [0.15, 0.2) is 18.2 Å². The predicted molar refractivity (Wildman–Crippen MR) is 140 cm³/mol. The van der Waals surface area contributed by atoms with Crippen LogP contribution < -0.4 is 9.64 Å². The van der Waals surface area contributed by atoms with Gasteiger partial charge in [0.2, 0.25) is 0 Å². The van der Waals surface area contributed by atoms with Gasteiger partial charge in [-0.3, -0.25) is 4.90 Å². The molecule has 3 aliphatic rings. The molecule has 4 rings (SSSR count). The normalized spacial score (nSPS) is 24.3. The third-order valence-electron chi connectivity index (χ3n) is 8.12. The fourth-order valence-corrected chi connectivity index (χ4v) is 7.01. The van der Waals surface area contributed by atoms with Gasteiger partial charge in [0.05, 0.1) is 6.61 Å². The van der Waals surface area contributed by atoms with E-state index >= 15 is 0 Å². The number of benzene rings is 1. The maximum absolute atomic E-state index is 6.06. The van der Waals surface area contributed by atoms with Gasteiger partial charge >= 0.3 is 0 Å². The molecule has 5 nitrogen and oxygen atoms in total. The monoisotopic (exact) mass is 472 g/mol. The molecule has 0 N–H and O–H groups in total. The molecule has 2 saturated heterocycles. The molecule has 1 aromatic rings. The molecule has 0 radical (unpaired) electrons. The van der Waals surface area contributed by atoms with Crippen molar-refractivity contribution in [3.63, 3.8) is 0 Å². The van der Waals surface area contributed by atoms with E-state index in [2.05, 4.69) is 55.7 Å². The van der Waals surface area contributed by atoms with Gasteiger partial charge in [-0.2, -0.15) is 0 Å². The van der Waals surface area contributed by atoms with Crippen LogP contribution in [0.5, 0.6) is 5.75 Å². The molecule has 1 aliphatic carbocycles. The Morgan fingerprint density at radius 3 is 2.26 bits per heavy atom. The van der Waals surface area contributed by atoms with Gasteiger partial charge in [0.25, 0.3) is 0 Å². The van der Waals surface area contributed by atoms with E-state index in [1.165, 1.54) is 49.9 Å². The van der Waals surface area contributed by atoms with Gasteiger partial charge in [-0.1, -0.05) is 27.7 Å². The molecule has 1 saturated carbocycles. The summed E-state index contributed by atoms with van der Waals surface area (Å²) in [4.78, 5) is 5.32. The Morgan fingerprint density at radius 1 is 0.941 bits per heavy atom. The number of piperazine rings is 1. The lowest BCUT2D eigenvalue weighted by Crippen LogP contribution is -2.48. The molecule has 0 aromatic heterocycles. The van der Waals surface area contributed by atoms with Crippen molar-refractivity contribution >= 4 is 5.69 Å². The maximum Gasteiger partial charge on any atom is 0.119 e. The number of anilines is 1. The van der Waals surface area contributed by atoms with E-state index in [0.29, 0.717) is 30.0 Å². The molecule has 0 amide bonds. The Balaban J connectivity index is 1.49. The molecular weight excluding hydrogens is 424 g/mol. The van der Waals surface area contributed by atoms with Gasteiger partial charge in [0.1, 0.15) is 12.4 Å². The number of methoxy groups -OCH3 is 1. The van der Waals surface area contributed by atoms with Gasteiger partial charge in [-0.15, -0.1) is 0 Å². The van der Waals surface area contributed by atoms with Crippen molar-refractivity contribution in [2.45, 2.75) is 65.7 Å². The SMILES string of the molecule is COCCOc1ccc(N2CCN(CC3CCOCC3)CC2)c(C2CC(C)(C)CC(C)(C)C2)c1. The van der Waals surface area contributed by atoms with Crippen LogP contribution in [0.2, 0.25) is 0 Å². The van der Waals surface area contributed by atoms with Crippen molar-refractivity contribution in [2.75, 3.05) is 71.2 Å². The first-order valence-corrected chi connectivity index (χ1v) is 13.6. The van der Waals surface area contributed by atoms with Crippen molar-refractivity contribution in [3.8, 4) is 5.75 Å². The molecule has 2 heterocycles. The zero-order valence-electron chi connectivity index (χ0n) is 22.4. The van der Waals surface area contributed by atoms with Crippen LogP contribution in [0.4, 0.5) is 5.69 Å². The van der Waals surface area contributed by atoms with Gasteiger partial charge in [-0.05, 0) is 78.5 Å². The lowest BCUT2D eigenvalue weighted by Gasteiger charge is -2.46. The van der Waals surface area contributed by atoms with E-state index in [9.17, 15) is 0 Å². The number of nitrogens with zero attached hydrogens (tertiary/aromatic N) is 2. The first-order chi connectivity index (χ1) is 16.2. The van der Waals surface area contributed by atoms with Crippen LogP contribution in [0.1, 0.15) is 71.3 Å². The van der Waals surface area contributed by atoms with Crippen molar-refractivity contribution in [2.24, 2.45) is 16.7 Å².